The van der Waals surface area contributed by atoms with Gasteiger partial charge in [-0.15, -0.1) is 11.3 Å². The molecule has 0 saturated carbocycles. The maximum Gasteiger partial charge on any atom is 0.139 e. The summed E-state index contributed by atoms with van der Waals surface area (Å²) in [5, 5.41) is 20.2. The molecule has 0 spiro atoms. The van der Waals surface area contributed by atoms with Crippen molar-refractivity contribution in [3.05, 3.63) is 69.7 Å². The number of benzene rings is 2. The number of thiazole rings is 1. The summed E-state index contributed by atoms with van der Waals surface area (Å²) in [5.74, 6) is 0.508. The molecule has 0 aliphatic carbocycles. The lowest BCUT2D eigenvalue weighted by Crippen LogP contribution is -2.26. The first-order valence-electron chi connectivity index (χ1n) is 10.7. The molecule has 1 aromatic heterocycles. The lowest BCUT2D eigenvalue weighted by molar-refractivity contribution is 0.411. The van der Waals surface area contributed by atoms with Crippen molar-refractivity contribution in [1.29, 1.82) is 5.41 Å². The van der Waals surface area contributed by atoms with Gasteiger partial charge in [-0.25, -0.2) is 4.98 Å². The number of hydrogen-bond donors (Lipinski definition) is 2. The fourth-order valence-electron chi connectivity index (χ4n) is 4.33. The molecule has 5 rings (SSSR count). The Labute approximate surface area is 186 Å². The van der Waals surface area contributed by atoms with Gasteiger partial charge in [-0.3, -0.25) is 5.41 Å². The van der Waals surface area contributed by atoms with Crippen molar-refractivity contribution in [3.63, 3.8) is 0 Å². The van der Waals surface area contributed by atoms with Crippen LogP contribution in [0.5, 0.6) is 0 Å². The van der Waals surface area contributed by atoms with E-state index in [9.17, 15) is 5.11 Å². The number of aryl methyl sites for hydroxylation is 2. The van der Waals surface area contributed by atoms with Crippen LogP contribution in [-0.4, -0.2) is 35.6 Å². The van der Waals surface area contributed by atoms with E-state index in [1.165, 1.54) is 35.4 Å². The van der Waals surface area contributed by atoms with Crippen LogP contribution >= 0.6 is 11.3 Å². The van der Waals surface area contributed by atoms with Crippen LogP contribution < -0.4 is 9.80 Å². The fraction of sp³-hybridized carbons (Fsp3) is 0.280. The molecule has 2 aliphatic heterocycles. The van der Waals surface area contributed by atoms with E-state index < -0.39 is 0 Å². The Kier molecular flexibility index (Phi) is 5.02. The minimum Gasteiger partial charge on any atom is -0.510 e. The predicted molar refractivity (Wildman–Crippen MR) is 130 cm³/mol. The van der Waals surface area contributed by atoms with Crippen LogP contribution in [0, 0.1) is 19.3 Å². The van der Waals surface area contributed by atoms with Crippen LogP contribution in [0.15, 0.2) is 54.3 Å². The smallest absolute Gasteiger partial charge is 0.139 e. The molecule has 31 heavy (non-hydrogen) atoms. The lowest BCUT2D eigenvalue weighted by atomic mass is 10.1. The van der Waals surface area contributed by atoms with E-state index in [4.69, 9.17) is 10.4 Å². The third kappa shape index (κ3) is 3.61. The zero-order valence-corrected chi connectivity index (χ0v) is 18.7. The SMILES string of the molecule is Cc1ccc(-c2nc(C3=C(O)CN(c4ccc(N5CCCC5)cc4)C3=N)sc2C)cc1. The van der Waals surface area contributed by atoms with Crippen LogP contribution in [0.2, 0.25) is 0 Å². The first-order chi connectivity index (χ1) is 15.0. The summed E-state index contributed by atoms with van der Waals surface area (Å²) in [6.07, 6.45) is 2.50. The Morgan fingerprint density at radius 2 is 1.58 bits per heavy atom. The predicted octanol–water partition coefficient (Wildman–Crippen LogP) is 5.79. The van der Waals surface area contributed by atoms with E-state index in [0.29, 0.717) is 23.0 Å². The van der Waals surface area contributed by atoms with Gasteiger partial charge in [0.1, 0.15) is 16.6 Å². The molecule has 5 nitrogen and oxygen atoms in total. The van der Waals surface area contributed by atoms with Crippen molar-refractivity contribution in [2.24, 2.45) is 0 Å². The van der Waals surface area contributed by atoms with E-state index in [2.05, 4.69) is 48.2 Å². The summed E-state index contributed by atoms with van der Waals surface area (Å²) in [7, 11) is 0. The Morgan fingerprint density at radius 1 is 0.935 bits per heavy atom. The number of aliphatic hydroxyl groups is 1. The molecule has 0 bridgehead atoms. The van der Waals surface area contributed by atoms with Gasteiger partial charge < -0.3 is 14.9 Å². The Morgan fingerprint density at radius 3 is 2.26 bits per heavy atom. The van der Waals surface area contributed by atoms with Crippen molar-refractivity contribution in [2.75, 3.05) is 29.4 Å². The average Bonchev–Trinajstić information content (AvgIpc) is 3.49. The third-order valence-electron chi connectivity index (χ3n) is 6.07. The summed E-state index contributed by atoms with van der Waals surface area (Å²) < 4.78 is 0. The topological polar surface area (TPSA) is 63.5 Å². The molecule has 3 heterocycles. The summed E-state index contributed by atoms with van der Waals surface area (Å²) in [4.78, 5) is 10.1. The molecule has 1 saturated heterocycles. The first kappa shape index (κ1) is 19.8. The molecule has 3 aromatic rings. The van der Waals surface area contributed by atoms with Crippen LogP contribution in [0.1, 0.15) is 28.3 Å². The van der Waals surface area contributed by atoms with E-state index >= 15 is 0 Å². The van der Waals surface area contributed by atoms with Gasteiger partial charge in [0, 0.05) is 34.9 Å². The lowest BCUT2D eigenvalue weighted by Gasteiger charge is -2.21. The van der Waals surface area contributed by atoms with Crippen molar-refractivity contribution in [3.8, 4) is 11.3 Å². The van der Waals surface area contributed by atoms with Gasteiger partial charge in [0.05, 0.1) is 17.8 Å². The van der Waals surface area contributed by atoms with Crippen LogP contribution in [0.4, 0.5) is 11.4 Å². The maximum absolute atomic E-state index is 10.7. The summed E-state index contributed by atoms with van der Waals surface area (Å²) >= 11 is 1.53. The summed E-state index contributed by atoms with van der Waals surface area (Å²) in [6.45, 7) is 6.63. The van der Waals surface area contributed by atoms with Crippen LogP contribution in [-0.2, 0) is 0 Å². The van der Waals surface area contributed by atoms with Crippen molar-refractivity contribution < 1.29 is 5.11 Å². The maximum atomic E-state index is 10.7. The first-order valence-corrected chi connectivity index (χ1v) is 11.5. The number of hydrogen-bond acceptors (Lipinski definition) is 5. The molecule has 0 amide bonds. The highest BCUT2D eigenvalue weighted by molar-refractivity contribution is 7.13. The molecule has 2 aromatic carbocycles. The second-order valence-corrected chi connectivity index (χ2v) is 9.46. The highest BCUT2D eigenvalue weighted by atomic mass is 32.1. The zero-order valence-electron chi connectivity index (χ0n) is 17.9. The van der Waals surface area contributed by atoms with E-state index in [-0.39, 0.29) is 5.76 Å². The van der Waals surface area contributed by atoms with Crippen molar-refractivity contribution >= 4 is 34.1 Å². The standard InChI is InChI=1S/C25H26N4OS/c1-16-5-7-18(8-6-16)23-17(2)31-25(27-23)22-21(30)15-29(24(22)26)20-11-9-19(10-12-20)28-13-3-4-14-28/h5-12,26,30H,3-4,13-15H2,1-2H3. The van der Waals surface area contributed by atoms with Gasteiger partial charge in [-0.2, -0.15) is 0 Å². The Balaban J connectivity index is 1.40. The Bertz CT molecular complexity index is 1160. The van der Waals surface area contributed by atoms with Crippen molar-refractivity contribution in [2.45, 2.75) is 26.7 Å². The highest BCUT2D eigenvalue weighted by Gasteiger charge is 2.32. The molecule has 2 N–H and O–H groups in total. The summed E-state index contributed by atoms with van der Waals surface area (Å²) in [6, 6.07) is 16.6. The zero-order chi connectivity index (χ0) is 21.5. The minimum atomic E-state index is 0.206. The number of aliphatic hydroxyl groups excluding tert-OH is 1. The molecule has 6 heteroatoms. The van der Waals surface area contributed by atoms with Gasteiger partial charge in [0.2, 0.25) is 0 Å². The molecule has 158 valence electrons. The number of amidine groups is 1. The van der Waals surface area contributed by atoms with Gasteiger partial charge >= 0.3 is 0 Å². The van der Waals surface area contributed by atoms with Crippen LogP contribution in [0.25, 0.3) is 16.8 Å². The van der Waals surface area contributed by atoms with Crippen molar-refractivity contribution in [1.82, 2.24) is 4.98 Å². The van der Waals surface area contributed by atoms with E-state index in [1.54, 1.807) is 0 Å². The summed E-state index contributed by atoms with van der Waals surface area (Å²) in [5.41, 5.74) is 5.87. The number of rotatable bonds is 4. The van der Waals surface area contributed by atoms with E-state index in [0.717, 1.165) is 34.9 Å². The highest BCUT2D eigenvalue weighted by Crippen LogP contribution is 2.37. The van der Waals surface area contributed by atoms with E-state index in [1.807, 2.05) is 24.0 Å². The quantitative estimate of drug-likeness (QED) is 0.550. The number of nitrogens with zero attached hydrogens (tertiary/aromatic N) is 3. The number of nitrogens with one attached hydrogen (secondary N) is 1. The minimum absolute atomic E-state index is 0.206. The number of anilines is 2. The second-order valence-electron chi connectivity index (χ2n) is 8.26. The van der Waals surface area contributed by atoms with Gasteiger partial charge in [0.25, 0.3) is 0 Å². The number of aromatic nitrogens is 1. The monoisotopic (exact) mass is 430 g/mol. The Hall–Kier alpha value is -3.12. The molecule has 0 unspecified atom stereocenters. The van der Waals surface area contributed by atoms with Gasteiger partial charge in [-0.05, 0) is 51.0 Å². The molecule has 2 aliphatic rings. The second kappa shape index (κ2) is 7.85. The fourth-order valence-corrected chi connectivity index (χ4v) is 5.33. The van der Waals surface area contributed by atoms with Gasteiger partial charge in [-0.1, -0.05) is 29.8 Å². The van der Waals surface area contributed by atoms with Crippen LogP contribution in [0.3, 0.4) is 0 Å². The molecular formula is C25H26N4OS. The molecule has 0 radical (unpaired) electrons. The third-order valence-corrected chi connectivity index (χ3v) is 7.06. The average molecular weight is 431 g/mol. The largest absolute Gasteiger partial charge is 0.510 e. The normalized spacial score (nSPS) is 16.6. The molecule has 0 atom stereocenters. The molecule has 1 fully saturated rings. The molecular weight excluding hydrogens is 404 g/mol. The van der Waals surface area contributed by atoms with Gasteiger partial charge in [0.15, 0.2) is 0 Å².